The van der Waals surface area contributed by atoms with Crippen molar-refractivity contribution in [1.29, 1.82) is 0 Å². The molecule has 0 aliphatic rings. The van der Waals surface area contributed by atoms with Crippen LogP contribution in [0, 0.1) is 0 Å². The van der Waals surface area contributed by atoms with E-state index in [4.69, 9.17) is 19.3 Å². The number of ether oxygens (including phenoxy) is 3. The van der Waals surface area contributed by atoms with Gasteiger partial charge in [0.2, 0.25) is 0 Å². The van der Waals surface area contributed by atoms with Gasteiger partial charge in [0.15, 0.2) is 0 Å². The van der Waals surface area contributed by atoms with E-state index in [2.05, 4.69) is 31.2 Å². The van der Waals surface area contributed by atoms with E-state index in [0.717, 1.165) is 57.7 Å². The van der Waals surface area contributed by atoms with Crippen molar-refractivity contribution >= 4 is 12.3 Å². The van der Waals surface area contributed by atoms with Gasteiger partial charge in [0.1, 0.15) is 17.8 Å². The lowest BCUT2D eigenvalue weighted by Crippen LogP contribution is -2.07. The predicted octanol–water partition coefficient (Wildman–Crippen LogP) is 8.17. The van der Waals surface area contributed by atoms with Gasteiger partial charge < -0.3 is 19.3 Å². The summed E-state index contributed by atoms with van der Waals surface area (Å²) in [6.45, 7) is 3.71. The monoisotopic (exact) mass is 544 g/mol. The minimum Gasteiger partial charge on any atom is -0.493 e. The van der Waals surface area contributed by atoms with E-state index in [0.29, 0.717) is 49.7 Å². The molecule has 0 fully saturated rings. The minimum atomic E-state index is -0.122. The molecule has 0 heterocycles. The maximum absolute atomic E-state index is 11.9. The summed E-state index contributed by atoms with van der Waals surface area (Å²) in [5.74, 6) is 1.04. The van der Waals surface area contributed by atoms with Gasteiger partial charge in [-0.25, -0.2) is 0 Å². The van der Waals surface area contributed by atoms with Crippen molar-refractivity contribution in [1.82, 2.24) is 0 Å². The van der Waals surface area contributed by atoms with E-state index in [1.165, 1.54) is 38.5 Å². The highest BCUT2D eigenvalue weighted by Crippen LogP contribution is 2.23. The molecule has 0 bridgehead atoms. The van der Waals surface area contributed by atoms with Gasteiger partial charge >= 0.3 is 5.97 Å². The highest BCUT2D eigenvalue weighted by molar-refractivity contribution is 5.76. The smallest absolute Gasteiger partial charge is 0.305 e. The molecule has 6 heteroatoms. The number of hydrogen-bond acceptors (Lipinski definition) is 6. The summed E-state index contributed by atoms with van der Waals surface area (Å²) in [5, 5.41) is 8.85. The van der Waals surface area contributed by atoms with Crippen LogP contribution < -0.4 is 9.47 Å². The summed E-state index contributed by atoms with van der Waals surface area (Å²) in [6, 6.07) is 5.11. The SMILES string of the molecule is CCCCCC=CCC=CCCCCCCCC(=O)OCCCCOc1cc(C=O)cc(OCCCCO)c1. The fourth-order valence-corrected chi connectivity index (χ4v) is 3.97. The maximum atomic E-state index is 11.9. The third-order valence-corrected chi connectivity index (χ3v) is 6.26. The van der Waals surface area contributed by atoms with Gasteiger partial charge in [0, 0.05) is 24.7 Å². The number of allylic oxidation sites excluding steroid dienone is 4. The topological polar surface area (TPSA) is 82.1 Å². The Kier molecular flexibility index (Phi) is 22.7. The molecule has 0 atom stereocenters. The Bertz CT molecular complexity index is 801. The van der Waals surface area contributed by atoms with E-state index in [-0.39, 0.29) is 12.6 Å². The van der Waals surface area contributed by atoms with Crippen LogP contribution in [-0.2, 0) is 9.53 Å². The molecule has 220 valence electrons. The summed E-state index contributed by atoms with van der Waals surface area (Å²) in [7, 11) is 0. The summed E-state index contributed by atoms with van der Waals surface area (Å²) < 4.78 is 16.7. The molecule has 0 aromatic heterocycles. The largest absolute Gasteiger partial charge is 0.493 e. The number of aliphatic hydroxyl groups is 1. The summed E-state index contributed by atoms with van der Waals surface area (Å²) >= 11 is 0. The number of aldehydes is 1. The van der Waals surface area contributed by atoms with Gasteiger partial charge in [-0.1, -0.05) is 63.3 Å². The molecule has 0 radical (unpaired) electrons. The van der Waals surface area contributed by atoms with Gasteiger partial charge in [-0.3, -0.25) is 9.59 Å². The molecule has 1 rings (SSSR count). The zero-order valence-electron chi connectivity index (χ0n) is 24.2. The molecule has 0 saturated carbocycles. The van der Waals surface area contributed by atoms with Crippen molar-refractivity contribution in [3.8, 4) is 11.5 Å². The fraction of sp³-hybridized carbons (Fsp3) is 0.636. The van der Waals surface area contributed by atoms with Crippen LogP contribution in [0.4, 0.5) is 0 Å². The second-order valence-electron chi connectivity index (χ2n) is 9.89. The lowest BCUT2D eigenvalue weighted by atomic mass is 10.1. The molecule has 0 spiro atoms. The molecule has 0 aliphatic carbocycles. The molecular weight excluding hydrogens is 492 g/mol. The highest BCUT2D eigenvalue weighted by Gasteiger charge is 2.05. The molecule has 0 amide bonds. The second-order valence-corrected chi connectivity index (χ2v) is 9.89. The lowest BCUT2D eigenvalue weighted by molar-refractivity contribution is -0.143. The van der Waals surface area contributed by atoms with E-state index < -0.39 is 0 Å². The number of hydrogen-bond donors (Lipinski definition) is 1. The molecule has 0 aliphatic heterocycles. The third-order valence-electron chi connectivity index (χ3n) is 6.26. The molecule has 0 saturated heterocycles. The molecule has 6 nitrogen and oxygen atoms in total. The van der Waals surface area contributed by atoms with Crippen molar-refractivity contribution in [2.24, 2.45) is 0 Å². The fourth-order valence-electron chi connectivity index (χ4n) is 3.97. The number of rotatable bonds is 26. The Labute approximate surface area is 236 Å². The Morgan fingerprint density at radius 2 is 1.31 bits per heavy atom. The number of esters is 1. The normalized spacial score (nSPS) is 11.3. The van der Waals surface area contributed by atoms with Crippen molar-refractivity contribution in [2.75, 3.05) is 26.4 Å². The van der Waals surface area contributed by atoms with Crippen LogP contribution in [0.3, 0.4) is 0 Å². The molecule has 1 aromatic rings. The first kappa shape index (κ1) is 34.4. The zero-order chi connectivity index (χ0) is 28.2. The van der Waals surface area contributed by atoms with E-state index in [1.54, 1.807) is 18.2 Å². The quantitative estimate of drug-likeness (QED) is 0.0548. The van der Waals surface area contributed by atoms with Crippen LogP contribution >= 0.6 is 0 Å². The van der Waals surface area contributed by atoms with Crippen LogP contribution in [0.15, 0.2) is 42.5 Å². The van der Waals surface area contributed by atoms with Crippen LogP contribution in [0.25, 0.3) is 0 Å². The summed E-state index contributed by atoms with van der Waals surface area (Å²) in [5.41, 5.74) is 0.492. The van der Waals surface area contributed by atoms with Crippen LogP contribution in [-0.4, -0.2) is 43.8 Å². The van der Waals surface area contributed by atoms with Crippen LogP contribution in [0.1, 0.15) is 120 Å². The van der Waals surface area contributed by atoms with Gasteiger partial charge in [0.25, 0.3) is 0 Å². The molecule has 39 heavy (non-hydrogen) atoms. The summed E-state index contributed by atoms with van der Waals surface area (Å²) in [6.07, 6.45) is 26.1. The first-order valence-electron chi connectivity index (χ1n) is 15.1. The second kappa shape index (κ2) is 25.7. The number of benzene rings is 1. The van der Waals surface area contributed by atoms with E-state index >= 15 is 0 Å². The minimum absolute atomic E-state index is 0.122. The van der Waals surface area contributed by atoms with Gasteiger partial charge in [-0.05, 0) is 76.3 Å². The highest BCUT2D eigenvalue weighted by atomic mass is 16.5. The standard InChI is InChI=1S/C33H52O6/c1-2-3-4-5-6-7-8-9-10-11-12-13-14-15-16-21-33(36)39-25-20-19-24-38-32-27-30(29-35)26-31(28-32)37-23-18-17-22-34/h6-7,9-10,26-29,34H,2-5,8,11-25H2,1H3. The first-order valence-corrected chi connectivity index (χ1v) is 15.1. The predicted molar refractivity (Wildman–Crippen MR) is 159 cm³/mol. The number of unbranched alkanes of at least 4 members (excludes halogenated alkanes) is 10. The van der Waals surface area contributed by atoms with Gasteiger partial charge in [0.05, 0.1) is 19.8 Å². The molecule has 1 N–H and O–H groups in total. The van der Waals surface area contributed by atoms with Gasteiger partial charge in [-0.15, -0.1) is 0 Å². The average molecular weight is 545 g/mol. The number of aliphatic hydroxyl groups excluding tert-OH is 1. The zero-order valence-corrected chi connectivity index (χ0v) is 24.2. The first-order chi connectivity index (χ1) is 19.2. The van der Waals surface area contributed by atoms with Gasteiger partial charge in [-0.2, -0.15) is 0 Å². The molecular formula is C33H52O6. The van der Waals surface area contributed by atoms with Crippen molar-refractivity contribution in [2.45, 2.75) is 110 Å². The number of carbonyl (C=O) groups is 2. The van der Waals surface area contributed by atoms with E-state index in [1.807, 2.05) is 0 Å². The summed E-state index contributed by atoms with van der Waals surface area (Å²) in [4.78, 5) is 23.1. The maximum Gasteiger partial charge on any atom is 0.305 e. The molecule has 0 unspecified atom stereocenters. The van der Waals surface area contributed by atoms with Crippen molar-refractivity contribution in [3.05, 3.63) is 48.1 Å². The Morgan fingerprint density at radius 1 is 0.718 bits per heavy atom. The van der Waals surface area contributed by atoms with E-state index in [9.17, 15) is 9.59 Å². The van der Waals surface area contributed by atoms with Crippen LogP contribution in [0.2, 0.25) is 0 Å². The lowest BCUT2D eigenvalue weighted by Gasteiger charge is -2.11. The average Bonchev–Trinajstić information content (AvgIpc) is 2.95. The Hall–Kier alpha value is -2.60. The Morgan fingerprint density at radius 3 is 1.95 bits per heavy atom. The van der Waals surface area contributed by atoms with Crippen LogP contribution in [0.5, 0.6) is 11.5 Å². The number of carbonyl (C=O) groups excluding carboxylic acids is 2. The Balaban J connectivity index is 1.99. The third kappa shape index (κ3) is 21.0. The van der Waals surface area contributed by atoms with Crippen molar-refractivity contribution in [3.63, 3.8) is 0 Å². The van der Waals surface area contributed by atoms with Crippen molar-refractivity contribution < 1.29 is 28.9 Å². The molecule has 1 aromatic carbocycles.